The fraction of sp³-hybridized carbons (Fsp3) is 0.368. The normalized spacial score (nSPS) is 11.7. The van der Waals surface area contributed by atoms with E-state index < -0.39 is 0 Å². The van der Waals surface area contributed by atoms with E-state index in [1.807, 2.05) is 13.8 Å². The molecule has 0 saturated carbocycles. The molecule has 1 aromatic rings. The Morgan fingerprint density at radius 3 is 2.21 bits per heavy atom. The van der Waals surface area contributed by atoms with E-state index in [4.69, 9.17) is 0 Å². The van der Waals surface area contributed by atoms with Crippen LogP contribution in [0.15, 0.2) is 54.1 Å². The number of hydrogen-bond acceptors (Lipinski definition) is 0. The van der Waals surface area contributed by atoms with Gasteiger partial charge in [-0.3, -0.25) is 0 Å². The standard InChI is InChI=1S/C17H22.C2H6/c1-6-9-16(15(5)12-13(2)3)17-11-8-7-10-14(17)4;1-2/h6-11H,2,12H2,1,3-5H3;1-2H3/b9-6-,16-15+;. The van der Waals surface area contributed by atoms with Crippen molar-refractivity contribution in [2.75, 3.05) is 0 Å². The maximum Gasteiger partial charge on any atom is -0.0107 e. The smallest absolute Gasteiger partial charge is 0.0107 e. The molecule has 0 spiro atoms. The molecule has 0 nitrogen and oxygen atoms in total. The molecule has 0 radical (unpaired) electrons. The minimum atomic E-state index is 0.966. The highest BCUT2D eigenvalue weighted by Gasteiger charge is 2.05. The van der Waals surface area contributed by atoms with E-state index in [1.165, 1.54) is 27.8 Å². The highest BCUT2D eigenvalue weighted by atomic mass is 14.1. The van der Waals surface area contributed by atoms with E-state index in [0.29, 0.717) is 0 Å². The summed E-state index contributed by atoms with van der Waals surface area (Å²) in [6.07, 6.45) is 5.26. The van der Waals surface area contributed by atoms with Crippen LogP contribution in [-0.4, -0.2) is 0 Å². The van der Waals surface area contributed by atoms with Gasteiger partial charge in [0.05, 0.1) is 0 Å². The van der Waals surface area contributed by atoms with Crippen molar-refractivity contribution in [2.45, 2.75) is 48.0 Å². The maximum absolute atomic E-state index is 4.00. The topological polar surface area (TPSA) is 0 Å². The lowest BCUT2D eigenvalue weighted by molar-refractivity contribution is 1.12. The quantitative estimate of drug-likeness (QED) is 0.435. The predicted octanol–water partition coefficient (Wildman–Crippen LogP) is 6.34. The van der Waals surface area contributed by atoms with Crippen LogP contribution in [0.25, 0.3) is 5.57 Å². The van der Waals surface area contributed by atoms with E-state index in [2.05, 4.69) is 70.7 Å². The molecule has 1 aromatic carbocycles. The molecule has 0 saturated heterocycles. The number of hydrogen-bond donors (Lipinski definition) is 0. The third-order valence-electron chi connectivity index (χ3n) is 2.80. The minimum Gasteiger partial charge on any atom is -0.0998 e. The van der Waals surface area contributed by atoms with Crippen molar-refractivity contribution in [1.29, 1.82) is 0 Å². The summed E-state index contributed by atoms with van der Waals surface area (Å²) in [6.45, 7) is 16.5. The molecule has 1 rings (SSSR count). The van der Waals surface area contributed by atoms with Crippen LogP contribution < -0.4 is 0 Å². The maximum atomic E-state index is 4.00. The zero-order valence-corrected chi connectivity index (χ0v) is 13.4. The van der Waals surface area contributed by atoms with Crippen LogP contribution in [0.4, 0.5) is 0 Å². The molecular weight excluding hydrogens is 228 g/mol. The summed E-state index contributed by atoms with van der Waals surface area (Å²) in [6, 6.07) is 8.53. The van der Waals surface area contributed by atoms with Gasteiger partial charge in [-0.05, 0) is 50.8 Å². The Morgan fingerprint density at radius 2 is 1.74 bits per heavy atom. The Morgan fingerprint density at radius 1 is 1.16 bits per heavy atom. The lowest BCUT2D eigenvalue weighted by Crippen LogP contribution is -1.91. The Labute approximate surface area is 119 Å². The summed E-state index contributed by atoms with van der Waals surface area (Å²) in [5.41, 5.74) is 6.56. The van der Waals surface area contributed by atoms with E-state index >= 15 is 0 Å². The van der Waals surface area contributed by atoms with Crippen LogP contribution in [0.3, 0.4) is 0 Å². The molecule has 0 unspecified atom stereocenters. The molecule has 0 fully saturated rings. The van der Waals surface area contributed by atoms with Gasteiger partial charge in [-0.1, -0.05) is 68.0 Å². The van der Waals surface area contributed by atoms with E-state index in [1.54, 1.807) is 0 Å². The highest BCUT2D eigenvalue weighted by Crippen LogP contribution is 2.26. The first-order valence-electron chi connectivity index (χ1n) is 7.09. The molecule has 0 aliphatic rings. The molecule has 0 aromatic heterocycles. The highest BCUT2D eigenvalue weighted by molar-refractivity contribution is 5.78. The van der Waals surface area contributed by atoms with Crippen molar-refractivity contribution in [1.82, 2.24) is 0 Å². The van der Waals surface area contributed by atoms with Crippen LogP contribution in [0.2, 0.25) is 0 Å². The molecule has 0 bridgehead atoms. The number of allylic oxidation sites excluding steroid dienone is 5. The second-order valence-corrected chi connectivity index (χ2v) is 4.64. The summed E-state index contributed by atoms with van der Waals surface area (Å²) in [7, 11) is 0. The average Bonchev–Trinajstić information content (AvgIpc) is 2.38. The monoisotopic (exact) mass is 256 g/mol. The van der Waals surface area contributed by atoms with Crippen molar-refractivity contribution < 1.29 is 0 Å². The number of aryl methyl sites for hydroxylation is 1. The molecule has 0 aliphatic carbocycles. The number of benzene rings is 1. The summed E-state index contributed by atoms with van der Waals surface area (Å²) in [4.78, 5) is 0. The Kier molecular flexibility index (Phi) is 8.61. The molecular formula is C19H28. The summed E-state index contributed by atoms with van der Waals surface area (Å²) >= 11 is 0. The second-order valence-electron chi connectivity index (χ2n) is 4.64. The van der Waals surface area contributed by atoms with Gasteiger partial charge in [0.15, 0.2) is 0 Å². The van der Waals surface area contributed by atoms with Crippen molar-refractivity contribution in [2.24, 2.45) is 0 Å². The molecule has 0 heteroatoms. The predicted molar refractivity (Wildman–Crippen MR) is 89.4 cm³/mol. The molecule has 0 atom stereocenters. The Bertz CT molecular complexity index is 459. The van der Waals surface area contributed by atoms with Gasteiger partial charge in [-0.15, -0.1) is 0 Å². The fourth-order valence-electron chi connectivity index (χ4n) is 2.05. The summed E-state index contributed by atoms with van der Waals surface area (Å²) in [5, 5.41) is 0. The zero-order chi connectivity index (χ0) is 14.8. The zero-order valence-electron chi connectivity index (χ0n) is 13.4. The van der Waals surface area contributed by atoms with Crippen LogP contribution in [-0.2, 0) is 0 Å². The van der Waals surface area contributed by atoms with Crippen molar-refractivity contribution in [3.05, 3.63) is 65.3 Å². The minimum absolute atomic E-state index is 0.966. The first-order valence-corrected chi connectivity index (χ1v) is 7.09. The molecule has 0 heterocycles. The average molecular weight is 256 g/mol. The van der Waals surface area contributed by atoms with Gasteiger partial charge >= 0.3 is 0 Å². The lowest BCUT2D eigenvalue weighted by atomic mass is 9.93. The molecule has 0 N–H and O–H groups in total. The molecule has 0 amide bonds. The van der Waals surface area contributed by atoms with Gasteiger partial charge in [0, 0.05) is 0 Å². The fourth-order valence-corrected chi connectivity index (χ4v) is 2.05. The molecule has 104 valence electrons. The molecule has 0 aliphatic heterocycles. The summed E-state index contributed by atoms with van der Waals surface area (Å²) < 4.78 is 0. The van der Waals surface area contributed by atoms with Crippen molar-refractivity contribution >= 4 is 5.57 Å². The van der Waals surface area contributed by atoms with E-state index in [0.717, 1.165) is 6.42 Å². The van der Waals surface area contributed by atoms with Crippen LogP contribution >= 0.6 is 0 Å². The van der Waals surface area contributed by atoms with Crippen LogP contribution in [0, 0.1) is 6.92 Å². The first kappa shape index (κ1) is 17.4. The third kappa shape index (κ3) is 5.74. The van der Waals surface area contributed by atoms with Gasteiger partial charge in [0.25, 0.3) is 0 Å². The van der Waals surface area contributed by atoms with Gasteiger partial charge in [-0.2, -0.15) is 0 Å². The van der Waals surface area contributed by atoms with E-state index in [-0.39, 0.29) is 0 Å². The third-order valence-corrected chi connectivity index (χ3v) is 2.80. The van der Waals surface area contributed by atoms with Gasteiger partial charge in [0.1, 0.15) is 0 Å². The SMILES string of the molecule is C=C(C)C/C(C)=C(\C=C/C)c1ccccc1C.CC. The van der Waals surface area contributed by atoms with Gasteiger partial charge in [-0.25, -0.2) is 0 Å². The largest absolute Gasteiger partial charge is 0.0998 e. The van der Waals surface area contributed by atoms with Crippen molar-refractivity contribution in [3.63, 3.8) is 0 Å². The lowest BCUT2D eigenvalue weighted by Gasteiger charge is -2.12. The first-order chi connectivity index (χ1) is 9.06. The Hall–Kier alpha value is -1.56. The number of rotatable bonds is 4. The van der Waals surface area contributed by atoms with Gasteiger partial charge in [0.2, 0.25) is 0 Å². The van der Waals surface area contributed by atoms with Crippen LogP contribution in [0.5, 0.6) is 0 Å². The van der Waals surface area contributed by atoms with E-state index in [9.17, 15) is 0 Å². The second kappa shape index (κ2) is 9.38. The van der Waals surface area contributed by atoms with Crippen molar-refractivity contribution in [3.8, 4) is 0 Å². The molecule has 19 heavy (non-hydrogen) atoms. The van der Waals surface area contributed by atoms with Gasteiger partial charge < -0.3 is 0 Å². The Balaban J connectivity index is 0.00000154. The van der Waals surface area contributed by atoms with Crippen LogP contribution in [0.1, 0.15) is 52.2 Å². The summed E-state index contributed by atoms with van der Waals surface area (Å²) in [5.74, 6) is 0.